The molecule has 0 radical (unpaired) electrons. The third kappa shape index (κ3) is 3.87. The van der Waals surface area contributed by atoms with Crippen molar-refractivity contribution in [3.63, 3.8) is 0 Å². The van der Waals surface area contributed by atoms with E-state index in [1.807, 2.05) is 0 Å². The molecule has 1 aromatic heterocycles. The topological polar surface area (TPSA) is 99.3 Å². The number of hydrogen-bond acceptors (Lipinski definition) is 5. The maximum absolute atomic E-state index is 12.1. The molecule has 1 spiro atoms. The molecule has 3 rings (SSSR count). The Labute approximate surface area is 134 Å². The van der Waals surface area contributed by atoms with Crippen LogP contribution >= 0.6 is 0 Å². The molecule has 1 aliphatic carbocycles. The number of nitrogens with zero attached hydrogens (tertiary/aromatic N) is 3. The van der Waals surface area contributed by atoms with E-state index in [1.165, 1.54) is 36.2 Å². The van der Waals surface area contributed by atoms with Crippen molar-refractivity contribution in [2.45, 2.75) is 63.1 Å². The molecule has 126 valence electrons. The van der Waals surface area contributed by atoms with Gasteiger partial charge >= 0.3 is 5.82 Å². The number of ether oxygens (including phenoxy) is 1. The van der Waals surface area contributed by atoms with Crippen molar-refractivity contribution in [3.05, 3.63) is 22.4 Å². The van der Waals surface area contributed by atoms with Crippen molar-refractivity contribution in [1.82, 2.24) is 15.1 Å². The van der Waals surface area contributed by atoms with Gasteiger partial charge in [0.1, 0.15) is 6.54 Å². The van der Waals surface area contributed by atoms with Crippen molar-refractivity contribution >= 4 is 11.7 Å². The quantitative estimate of drug-likeness (QED) is 0.673. The lowest BCUT2D eigenvalue weighted by molar-refractivity contribution is -0.389. The van der Waals surface area contributed by atoms with E-state index in [9.17, 15) is 14.9 Å². The molecule has 2 fully saturated rings. The third-order valence-electron chi connectivity index (χ3n) is 4.74. The molecule has 1 atom stereocenters. The molecular weight excluding hydrogens is 300 g/mol. The van der Waals surface area contributed by atoms with Gasteiger partial charge in [0.2, 0.25) is 5.91 Å². The van der Waals surface area contributed by atoms with Gasteiger partial charge < -0.3 is 20.2 Å². The van der Waals surface area contributed by atoms with Crippen molar-refractivity contribution in [2.75, 3.05) is 6.61 Å². The zero-order chi connectivity index (χ0) is 16.3. The summed E-state index contributed by atoms with van der Waals surface area (Å²) >= 11 is 0. The molecule has 1 N–H and O–H groups in total. The minimum atomic E-state index is -0.570. The van der Waals surface area contributed by atoms with Crippen molar-refractivity contribution in [1.29, 1.82) is 0 Å². The molecule has 1 amide bonds. The predicted molar refractivity (Wildman–Crippen MR) is 81.8 cm³/mol. The van der Waals surface area contributed by atoms with Gasteiger partial charge in [-0.3, -0.25) is 4.79 Å². The van der Waals surface area contributed by atoms with Crippen LogP contribution in [-0.2, 0) is 16.1 Å². The van der Waals surface area contributed by atoms with Gasteiger partial charge in [-0.25, -0.2) is 0 Å². The Balaban J connectivity index is 1.53. The summed E-state index contributed by atoms with van der Waals surface area (Å²) in [6.07, 6.45) is 8.92. The van der Waals surface area contributed by atoms with Gasteiger partial charge in [-0.15, -0.1) is 0 Å². The SMILES string of the molecule is O=C(Cn1ccc([N+](=O)[O-])n1)N[C@H]1CCOC2(CCCCC2)C1. The minimum Gasteiger partial charge on any atom is -0.375 e. The van der Waals surface area contributed by atoms with Crippen LogP contribution in [0.4, 0.5) is 5.82 Å². The average molecular weight is 322 g/mol. The first-order chi connectivity index (χ1) is 11.1. The highest BCUT2D eigenvalue weighted by Gasteiger charge is 2.38. The fourth-order valence-electron chi connectivity index (χ4n) is 3.65. The van der Waals surface area contributed by atoms with Crippen LogP contribution in [0.2, 0.25) is 0 Å². The Kier molecular flexibility index (Phi) is 4.61. The summed E-state index contributed by atoms with van der Waals surface area (Å²) in [4.78, 5) is 22.2. The van der Waals surface area contributed by atoms with Crippen LogP contribution in [0, 0.1) is 10.1 Å². The molecule has 1 saturated carbocycles. The second kappa shape index (κ2) is 6.66. The van der Waals surface area contributed by atoms with Gasteiger partial charge in [0.15, 0.2) is 0 Å². The summed E-state index contributed by atoms with van der Waals surface area (Å²) in [5, 5.41) is 17.4. The van der Waals surface area contributed by atoms with E-state index in [0.717, 1.165) is 25.7 Å². The molecule has 1 aliphatic heterocycles. The molecule has 0 unspecified atom stereocenters. The Morgan fingerprint density at radius 2 is 2.26 bits per heavy atom. The molecule has 8 heteroatoms. The summed E-state index contributed by atoms with van der Waals surface area (Å²) < 4.78 is 7.32. The molecule has 23 heavy (non-hydrogen) atoms. The number of hydrogen-bond donors (Lipinski definition) is 1. The molecule has 1 saturated heterocycles. The zero-order valence-electron chi connectivity index (χ0n) is 13.1. The van der Waals surface area contributed by atoms with E-state index >= 15 is 0 Å². The summed E-state index contributed by atoms with van der Waals surface area (Å²) in [5.41, 5.74) is -0.0566. The van der Waals surface area contributed by atoms with Crippen LogP contribution in [0.15, 0.2) is 12.3 Å². The van der Waals surface area contributed by atoms with Gasteiger partial charge in [0.25, 0.3) is 0 Å². The Morgan fingerprint density at radius 3 is 2.96 bits per heavy atom. The highest BCUT2D eigenvalue weighted by atomic mass is 16.6. The Hall–Kier alpha value is -1.96. The van der Waals surface area contributed by atoms with E-state index in [2.05, 4.69) is 10.4 Å². The summed E-state index contributed by atoms with van der Waals surface area (Å²) in [6.45, 7) is 0.677. The van der Waals surface area contributed by atoms with Gasteiger partial charge in [0, 0.05) is 12.6 Å². The lowest BCUT2D eigenvalue weighted by Crippen LogP contribution is -2.50. The van der Waals surface area contributed by atoms with Crippen LogP contribution in [0.5, 0.6) is 0 Å². The predicted octanol–water partition coefficient (Wildman–Crippen LogP) is 1.79. The zero-order valence-corrected chi connectivity index (χ0v) is 13.1. The van der Waals surface area contributed by atoms with Gasteiger partial charge in [-0.1, -0.05) is 19.3 Å². The van der Waals surface area contributed by atoms with E-state index in [0.29, 0.717) is 6.61 Å². The van der Waals surface area contributed by atoms with Gasteiger partial charge in [-0.05, 0) is 30.6 Å². The number of nitro groups is 1. The maximum atomic E-state index is 12.1. The average Bonchev–Trinajstić information content (AvgIpc) is 2.96. The fraction of sp³-hybridized carbons (Fsp3) is 0.733. The lowest BCUT2D eigenvalue weighted by Gasteiger charge is -2.43. The Morgan fingerprint density at radius 1 is 1.48 bits per heavy atom. The number of aromatic nitrogens is 2. The van der Waals surface area contributed by atoms with Crippen molar-refractivity contribution in [2.24, 2.45) is 0 Å². The molecule has 8 nitrogen and oxygen atoms in total. The number of amides is 1. The highest BCUT2D eigenvalue weighted by molar-refractivity contribution is 5.76. The first-order valence-electron chi connectivity index (χ1n) is 8.18. The van der Waals surface area contributed by atoms with Crippen LogP contribution in [0.1, 0.15) is 44.9 Å². The number of carbonyl (C=O) groups excluding carboxylic acids is 1. The molecule has 2 heterocycles. The number of rotatable bonds is 4. The van der Waals surface area contributed by atoms with Gasteiger partial charge in [0.05, 0.1) is 23.0 Å². The number of nitrogens with one attached hydrogen (secondary N) is 1. The maximum Gasteiger partial charge on any atom is 0.389 e. The van der Waals surface area contributed by atoms with Crippen molar-refractivity contribution < 1.29 is 14.5 Å². The second-order valence-electron chi connectivity index (χ2n) is 6.48. The fourth-order valence-corrected chi connectivity index (χ4v) is 3.65. The van der Waals surface area contributed by atoms with Crippen molar-refractivity contribution in [3.8, 4) is 0 Å². The van der Waals surface area contributed by atoms with Crippen LogP contribution in [0.3, 0.4) is 0 Å². The molecule has 1 aromatic rings. The minimum absolute atomic E-state index is 0.00179. The second-order valence-corrected chi connectivity index (χ2v) is 6.48. The number of carbonyl (C=O) groups is 1. The lowest BCUT2D eigenvalue weighted by atomic mass is 9.78. The third-order valence-corrected chi connectivity index (χ3v) is 4.74. The standard InChI is InChI=1S/C15H22N4O4/c20-14(11-18-8-4-13(17-18)19(21)22)16-12-5-9-23-15(10-12)6-2-1-3-7-15/h4,8,12H,1-3,5-7,9-11H2,(H,16,20)/t12-/m0/s1. The summed E-state index contributed by atoms with van der Waals surface area (Å²) in [5.74, 6) is -0.411. The monoisotopic (exact) mass is 322 g/mol. The highest BCUT2D eigenvalue weighted by Crippen LogP contribution is 2.38. The summed E-state index contributed by atoms with van der Waals surface area (Å²) in [6, 6.07) is 1.40. The molecule has 0 aromatic carbocycles. The largest absolute Gasteiger partial charge is 0.389 e. The first-order valence-corrected chi connectivity index (χ1v) is 8.18. The van der Waals surface area contributed by atoms with E-state index < -0.39 is 4.92 Å². The van der Waals surface area contributed by atoms with E-state index in [-0.39, 0.29) is 29.9 Å². The smallest absolute Gasteiger partial charge is 0.375 e. The van der Waals surface area contributed by atoms with Gasteiger partial charge in [-0.2, -0.15) is 4.68 Å². The normalized spacial score (nSPS) is 23.6. The van der Waals surface area contributed by atoms with Crippen LogP contribution < -0.4 is 5.32 Å². The molecule has 0 bridgehead atoms. The molecular formula is C15H22N4O4. The Bertz CT molecular complexity index is 574. The van der Waals surface area contributed by atoms with Crippen LogP contribution in [0.25, 0.3) is 0 Å². The molecule has 2 aliphatic rings. The van der Waals surface area contributed by atoms with E-state index in [1.54, 1.807) is 0 Å². The van der Waals surface area contributed by atoms with E-state index in [4.69, 9.17) is 4.74 Å². The van der Waals surface area contributed by atoms with Crippen LogP contribution in [-0.4, -0.2) is 38.9 Å². The first kappa shape index (κ1) is 15.9. The summed E-state index contributed by atoms with van der Waals surface area (Å²) in [7, 11) is 0.